The first-order chi connectivity index (χ1) is 7.62. The van der Waals surface area contributed by atoms with Crippen LogP contribution >= 0.6 is 0 Å². The number of rotatable bonds is 2. The zero-order chi connectivity index (χ0) is 11.6. The molecular formula is C10H12N2O3S. The maximum Gasteiger partial charge on any atom is 0.266 e. The Kier molecular flexibility index (Phi) is 2.93. The number of amides is 1. The van der Waals surface area contributed by atoms with Crippen LogP contribution in [0.2, 0.25) is 0 Å². The summed E-state index contributed by atoms with van der Waals surface area (Å²) in [4.78, 5) is 11.7. The topological polar surface area (TPSA) is 66.5 Å². The third-order valence-electron chi connectivity index (χ3n) is 2.38. The molecule has 1 aromatic carbocycles. The van der Waals surface area contributed by atoms with Crippen molar-refractivity contribution in [2.75, 3.05) is 19.6 Å². The predicted octanol–water partition coefficient (Wildman–Crippen LogP) is -0.193. The van der Waals surface area contributed by atoms with Crippen LogP contribution < -0.4 is 5.32 Å². The van der Waals surface area contributed by atoms with Gasteiger partial charge in [0.1, 0.15) is 0 Å². The van der Waals surface area contributed by atoms with Crippen molar-refractivity contribution in [3.05, 3.63) is 30.3 Å². The molecule has 0 atom stereocenters. The second-order valence-electron chi connectivity index (χ2n) is 3.46. The fourth-order valence-corrected chi connectivity index (χ4v) is 2.98. The van der Waals surface area contributed by atoms with Crippen molar-refractivity contribution < 1.29 is 13.2 Å². The van der Waals surface area contributed by atoms with Gasteiger partial charge in [-0.1, -0.05) is 18.2 Å². The number of carbonyl (C=O) groups excluding carboxylic acids is 1. The summed E-state index contributed by atoms with van der Waals surface area (Å²) < 4.78 is 25.1. The Morgan fingerprint density at radius 3 is 2.50 bits per heavy atom. The highest BCUT2D eigenvalue weighted by Crippen LogP contribution is 2.15. The van der Waals surface area contributed by atoms with E-state index in [1.807, 2.05) is 0 Å². The zero-order valence-electron chi connectivity index (χ0n) is 8.59. The number of nitrogens with one attached hydrogen (secondary N) is 1. The van der Waals surface area contributed by atoms with Crippen molar-refractivity contribution in [3.8, 4) is 0 Å². The molecule has 5 nitrogen and oxygen atoms in total. The Morgan fingerprint density at radius 2 is 1.88 bits per heavy atom. The van der Waals surface area contributed by atoms with E-state index in [0.29, 0.717) is 6.54 Å². The van der Waals surface area contributed by atoms with Crippen LogP contribution in [0, 0.1) is 0 Å². The molecule has 0 unspecified atom stereocenters. The van der Waals surface area contributed by atoms with Gasteiger partial charge >= 0.3 is 0 Å². The Labute approximate surface area is 94.1 Å². The maximum atomic E-state index is 12.1. The molecule has 1 heterocycles. The molecule has 2 rings (SSSR count). The van der Waals surface area contributed by atoms with Gasteiger partial charge < -0.3 is 5.32 Å². The first-order valence-corrected chi connectivity index (χ1v) is 6.38. The van der Waals surface area contributed by atoms with Crippen molar-refractivity contribution in [1.29, 1.82) is 0 Å². The number of hydrogen-bond acceptors (Lipinski definition) is 4. The normalized spacial score (nSPS) is 17.5. The molecule has 1 aromatic rings. The van der Waals surface area contributed by atoms with Gasteiger partial charge in [0, 0.05) is 13.1 Å². The summed E-state index contributed by atoms with van der Waals surface area (Å²) in [7, 11) is -3.67. The second-order valence-corrected chi connectivity index (χ2v) is 5.32. The fourth-order valence-electron chi connectivity index (χ4n) is 1.56. The Bertz CT molecular complexity index is 484. The largest absolute Gasteiger partial charge is 0.307 e. The van der Waals surface area contributed by atoms with Gasteiger partial charge in [-0.25, -0.2) is 12.7 Å². The third kappa shape index (κ3) is 1.94. The number of carbonyl (C=O) groups is 1. The molecule has 0 spiro atoms. The molecule has 86 valence electrons. The van der Waals surface area contributed by atoms with Crippen LogP contribution in [0.3, 0.4) is 0 Å². The van der Waals surface area contributed by atoms with Crippen molar-refractivity contribution in [1.82, 2.24) is 9.62 Å². The van der Waals surface area contributed by atoms with Gasteiger partial charge in [0.2, 0.25) is 5.91 Å². The fraction of sp³-hybridized carbons (Fsp3) is 0.300. The Morgan fingerprint density at radius 1 is 1.19 bits per heavy atom. The standard InChI is InChI=1S/C10H12N2O3S/c13-10-8-11-6-7-12(10)16(14,15)9-4-2-1-3-5-9/h1-5,11H,6-8H2. The van der Waals surface area contributed by atoms with Crippen LogP contribution in [0.5, 0.6) is 0 Å². The van der Waals surface area contributed by atoms with Gasteiger partial charge in [0.15, 0.2) is 0 Å². The van der Waals surface area contributed by atoms with E-state index in [9.17, 15) is 13.2 Å². The van der Waals surface area contributed by atoms with Crippen molar-refractivity contribution in [3.63, 3.8) is 0 Å². The lowest BCUT2D eigenvalue weighted by Crippen LogP contribution is -2.50. The SMILES string of the molecule is O=C1CNCCN1S(=O)(=O)c1ccccc1. The summed E-state index contributed by atoms with van der Waals surface area (Å²) in [5.41, 5.74) is 0. The lowest BCUT2D eigenvalue weighted by Gasteiger charge is -2.26. The summed E-state index contributed by atoms with van der Waals surface area (Å²) in [5, 5.41) is 2.83. The van der Waals surface area contributed by atoms with Crippen molar-refractivity contribution in [2.24, 2.45) is 0 Å². The molecular weight excluding hydrogens is 228 g/mol. The van der Waals surface area contributed by atoms with E-state index >= 15 is 0 Å². The number of sulfonamides is 1. The quantitative estimate of drug-likeness (QED) is 0.778. The van der Waals surface area contributed by atoms with Gasteiger partial charge in [-0.3, -0.25) is 4.79 Å². The van der Waals surface area contributed by atoms with Crippen LogP contribution in [0.4, 0.5) is 0 Å². The van der Waals surface area contributed by atoms with Gasteiger partial charge in [-0.05, 0) is 12.1 Å². The Hall–Kier alpha value is -1.40. The monoisotopic (exact) mass is 240 g/mol. The predicted molar refractivity (Wildman–Crippen MR) is 58.2 cm³/mol. The highest BCUT2D eigenvalue weighted by atomic mass is 32.2. The van der Waals surface area contributed by atoms with E-state index < -0.39 is 15.9 Å². The smallest absolute Gasteiger partial charge is 0.266 e. The minimum atomic E-state index is -3.67. The molecule has 1 fully saturated rings. The minimum Gasteiger partial charge on any atom is -0.307 e. The highest BCUT2D eigenvalue weighted by molar-refractivity contribution is 7.89. The molecule has 1 aliphatic rings. The summed E-state index contributed by atoms with van der Waals surface area (Å²) in [6.07, 6.45) is 0. The number of benzene rings is 1. The summed E-state index contributed by atoms with van der Waals surface area (Å²) in [6.45, 7) is 0.764. The molecule has 0 aromatic heterocycles. The highest BCUT2D eigenvalue weighted by Gasteiger charge is 2.30. The van der Waals surface area contributed by atoms with Gasteiger partial charge in [0.05, 0.1) is 11.4 Å². The van der Waals surface area contributed by atoms with E-state index in [-0.39, 0.29) is 18.0 Å². The minimum absolute atomic E-state index is 0.0755. The first-order valence-electron chi connectivity index (χ1n) is 4.94. The van der Waals surface area contributed by atoms with E-state index in [2.05, 4.69) is 5.32 Å². The number of piperazine rings is 1. The Balaban J connectivity index is 2.35. The van der Waals surface area contributed by atoms with E-state index in [1.54, 1.807) is 18.2 Å². The molecule has 16 heavy (non-hydrogen) atoms. The van der Waals surface area contributed by atoms with Gasteiger partial charge in [-0.2, -0.15) is 0 Å². The number of nitrogens with zero attached hydrogens (tertiary/aromatic N) is 1. The second kappa shape index (κ2) is 4.23. The molecule has 1 aliphatic heterocycles. The van der Waals surface area contributed by atoms with Crippen molar-refractivity contribution >= 4 is 15.9 Å². The molecule has 1 amide bonds. The average Bonchev–Trinajstić information content (AvgIpc) is 2.30. The molecule has 1 N–H and O–H groups in total. The van der Waals surface area contributed by atoms with Crippen LogP contribution in [0.25, 0.3) is 0 Å². The third-order valence-corrected chi connectivity index (χ3v) is 4.21. The van der Waals surface area contributed by atoms with Gasteiger partial charge in [-0.15, -0.1) is 0 Å². The lowest BCUT2D eigenvalue weighted by molar-refractivity contribution is -0.126. The molecule has 0 saturated carbocycles. The summed E-state index contributed by atoms with van der Waals surface area (Å²) in [6, 6.07) is 7.99. The van der Waals surface area contributed by atoms with E-state index in [1.165, 1.54) is 12.1 Å². The van der Waals surface area contributed by atoms with Crippen LogP contribution in [0.15, 0.2) is 35.2 Å². The molecule has 0 radical (unpaired) electrons. The molecule has 1 saturated heterocycles. The maximum absolute atomic E-state index is 12.1. The molecule has 0 bridgehead atoms. The van der Waals surface area contributed by atoms with E-state index in [4.69, 9.17) is 0 Å². The molecule has 0 aliphatic carbocycles. The van der Waals surface area contributed by atoms with Crippen LogP contribution in [0.1, 0.15) is 0 Å². The molecule has 6 heteroatoms. The van der Waals surface area contributed by atoms with E-state index in [0.717, 1.165) is 4.31 Å². The van der Waals surface area contributed by atoms with Gasteiger partial charge in [0.25, 0.3) is 10.0 Å². The summed E-state index contributed by atoms with van der Waals surface area (Å²) in [5.74, 6) is -0.407. The average molecular weight is 240 g/mol. The van der Waals surface area contributed by atoms with Crippen LogP contribution in [-0.2, 0) is 14.8 Å². The van der Waals surface area contributed by atoms with Crippen molar-refractivity contribution in [2.45, 2.75) is 4.90 Å². The lowest BCUT2D eigenvalue weighted by atomic mass is 10.4. The first kappa shape index (κ1) is 11.1. The zero-order valence-corrected chi connectivity index (χ0v) is 9.40. The van der Waals surface area contributed by atoms with Crippen LogP contribution in [-0.4, -0.2) is 38.3 Å². The summed E-state index contributed by atoms with van der Waals surface area (Å²) >= 11 is 0. The number of hydrogen-bond donors (Lipinski definition) is 1.